The van der Waals surface area contributed by atoms with E-state index in [9.17, 15) is 0 Å². The number of methoxy groups -OCH3 is 1. The van der Waals surface area contributed by atoms with Crippen LogP contribution in [0.4, 0.5) is 5.69 Å². The van der Waals surface area contributed by atoms with Gasteiger partial charge < -0.3 is 15.4 Å². The van der Waals surface area contributed by atoms with Gasteiger partial charge in [0.2, 0.25) is 0 Å². The Labute approximate surface area is 110 Å². The van der Waals surface area contributed by atoms with Crippen LogP contribution < -0.4 is 15.4 Å². The molecule has 2 unspecified atom stereocenters. The molecule has 0 aliphatic heterocycles. The number of likely N-dealkylation sites (N-methyl/N-ethyl adjacent to an activating group) is 1. The van der Waals surface area contributed by atoms with Gasteiger partial charge in [-0.25, -0.2) is 0 Å². The molecule has 0 amide bonds. The van der Waals surface area contributed by atoms with E-state index in [2.05, 4.69) is 37.1 Å². The Morgan fingerprint density at radius 2 is 2.17 bits per heavy atom. The number of benzene rings is 1. The second-order valence-electron chi connectivity index (χ2n) is 5.12. The fraction of sp³-hybridized carbons (Fsp3) is 0.600. The molecule has 18 heavy (non-hydrogen) atoms. The molecule has 2 N–H and O–H groups in total. The standard InChI is InChI=1S/C15H24N2O/c1-4-11-10-12(8-9-15(11)18-3)17(2)14-7-5-6-13(14)16/h8-10,13-14H,4-7,16H2,1-3H3. The van der Waals surface area contributed by atoms with Gasteiger partial charge in [0.25, 0.3) is 0 Å². The third-order valence-corrected chi connectivity index (χ3v) is 4.08. The van der Waals surface area contributed by atoms with E-state index >= 15 is 0 Å². The van der Waals surface area contributed by atoms with Crippen molar-refractivity contribution in [1.82, 2.24) is 0 Å². The Hall–Kier alpha value is -1.22. The van der Waals surface area contributed by atoms with Crippen LogP contribution in [0.3, 0.4) is 0 Å². The van der Waals surface area contributed by atoms with E-state index in [4.69, 9.17) is 10.5 Å². The molecule has 0 saturated heterocycles. The maximum Gasteiger partial charge on any atom is 0.122 e. The zero-order chi connectivity index (χ0) is 13.1. The van der Waals surface area contributed by atoms with E-state index in [1.807, 2.05) is 0 Å². The summed E-state index contributed by atoms with van der Waals surface area (Å²) >= 11 is 0. The predicted molar refractivity (Wildman–Crippen MR) is 76.4 cm³/mol. The number of rotatable bonds is 4. The number of nitrogens with two attached hydrogens (primary N) is 1. The summed E-state index contributed by atoms with van der Waals surface area (Å²) in [7, 11) is 3.88. The van der Waals surface area contributed by atoms with Gasteiger partial charge in [-0.3, -0.25) is 0 Å². The van der Waals surface area contributed by atoms with Crippen LogP contribution >= 0.6 is 0 Å². The van der Waals surface area contributed by atoms with Crippen molar-refractivity contribution >= 4 is 5.69 Å². The molecule has 2 atom stereocenters. The smallest absolute Gasteiger partial charge is 0.122 e. The van der Waals surface area contributed by atoms with Gasteiger partial charge in [-0.15, -0.1) is 0 Å². The summed E-state index contributed by atoms with van der Waals surface area (Å²) in [6.07, 6.45) is 4.57. The van der Waals surface area contributed by atoms with E-state index in [1.54, 1.807) is 7.11 Å². The molecule has 0 bridgehead atoms. The summed E-state index contributed by atoms with van der Waals surface area (Å²) in [5.41, 5.74) is 8.68. The SMILES string of the molecule is CCc1cc(N(C)C2CCCC2N)ccc1OC. The Kier molecular flexibility index (Phi) is 4.12. The molecule has 1 aromatic carbocycles. The minimum Gasteiger partial charge on any atom is -0.496 e. The largest absolute Gasteiger partial charge is 0.496 e. The monoisotopic (exact) mass is 248 g/mol. The van der Waals surface area contributed by atoms with Gasteiger partial charge in [-0.1, -0.05) is 6.92 Å². The van der Waals surface area contributed by atoms with Gasteiger partial charge in [0.1, 0.15) is 5.75 Å². The van der Waals surface area contributed by atoms with Gasteiger partial charge in [0.05, 0.1) is 7.11 Å². The third kappa shape index (κ3) is 2.46. The summed E-state index contributed by atoms with van der Waals surface area (Å²) in [5, 5.41) is 0. The molecule has 3 nitrogen and oxygen atoms in total. The van der Waals surface area contributed by atoms with Crippen LogP contribution in [0.1, 0.15) is 31.7 Å². The Morgan fingerprint density at radius 1 is 1.39 bits per heavy atom. The normalized spacial score (nSPS) is 23.1. The van der Waals surface area contributed by atoms with Crippen molar-refractivity contribution in [2.24, 2.45) is 5.73 Å². The Balaban J connectivity index is 2.22. The quantitative estimate of drug-likeness (QED) is 0.890. The first-order chi connectivity index (χ1) is 8.67. The number of hydrogen-bond acceptors (Lipinski definition) is 3. The average molecular weight is 248 g/mol. The summed E-state index contributed by atoms with van der Waals surface area (Å²) in [6.45, 7) is 2.16. The summed E-state index contributed by atoms with van der Waals surface area (Å²) < 4.78 is 5.37. The first-order valence-electron chi connectivity index (χ1n) is 6.82. The van der Waals surface area contributed by atoms with Crippen LogP contribution in [0.15, 0.2) is 18.2 Å². The number of hydrogen-bond donors (Lipinski definition) is 1. The number of aryl methyl sites for hydroxylation is 1. The van der Waals surface area contributed by atoms with Gasteiger partial charge in [0.15, 0.2) is 0 Å². The molecule has 0 heterocycles. The van der Waals surface area contributed by atoms with Crippen LogP contribution in [0, 0.1) is 0 Å². The van der Waals surface area contributed by atoms with Crippen LogP contribution in [-0.2, 0) is 6.42 Å². The maximum atomic E-state index is 6.18. The summed E-state index contributed by atoms with van der Waals surface area (Å²) in [5.74, 6) is 0.977. The zero-order valence-corrected chi connectivity index (χ0v) is 11.6. The van der Waals surface area contributed by atoms with E-state index in [-0.39, 0.29) is 0 Å². The Morgan fingerprint density at radius 3 is 2.72 bits per heavy atom. The molecular formula is C15H24N2O. The number of anilines is 1. The molecular weight excluding hydrogens is 224 g/mol. The molecule has 1 aliphatic rings. The van der Waals surface area contributed by atoms with Crippen molar-refractivity contribution in [2.75, 3.05) is 19.1 Å². The first kappa shape index (κ1) is 13.2. The van der Waals surface area contributed by atoms with Crippen molar-refractivity contribution in [3.8, 4) is 5.75 Å². The third-order valence-electron chi connectivity index (χ3n) is 4.08. The highest BCUT2D eigenvalue weighted by Crippen LogP contribution is 2.30. The predicted octanol–water partition coefficient (Wildman–Crippen LogP) is 2.57. The minimum atomic E-state index is 0.308. The van der Waals surface area contributed by atoms with Crippen LogP contribution in [-0.4, -0.2) is 26.2 Å². The maximum absolute atomic E-state index is 6.18. The van der Waals surface area contributed by atoms with Crippen molar-refractivity contribution in [3.05, 3.63) is 23.8 Å². The molecule has 0 radical (unpaired) electrons. The first-order valence-corrected chi connectivity index (χ1v) is 6.82. The molecule has 0 aromatic heterocycles. The van der Waals surface area contributed by atoms with E-state index in [0.717, 1.165) is 18.6 Å². The zero-order valence-electron chi connectivity index (χ0n) is 11.6. The van der Waals surface area contributed by atoms with Gasteiger partial charge in [-0.2, -0.15) is 0 Å². The van der Waals surface area contributed by atoms with E-state index in [0.29, 0.717) is 12.1 Å². The lowest BCUT2D eigenvalue weighted by Crippen LogP contribution is -2.42. The average Bonchev–Trinajstić information content (AvgIpc) is 2.83. The van der Waals surface area contributed by atoms with Crippen LogP contribution in [0.5, 0.6) is 5.75 Å². The summed E-state index contributed by atoms with van der Waals surface area (Å²) in [6, 6.07) is 7.20. The molecule has 3 heteroatoms. The van der Waals surface area contributed by atoms with E-state index < -0.39 is 0 Å². The lowest BCUT2D eigenvalue weighted by Gasteiger charge is -2.30. The van der Waals surface area contributed by atoms with E-state index in [1.165, 1.54) is 24.1 Å². The highest BCUT2D eigenvalue weighted by atomic mass is 16.5. The fourth-order valence-corrected chi connectivity index (χ4v) is 2.90. The molecule has 1 saturated carbocycles. The highest BCUT2D eigenvalue weighted by molar-refractivity contribution is 5.53. The number of nitrogens with zero attached hydrogens (tertiary/aromatic N) is 1. The molecule has 1 aliphatic carbocycles. The van der Waals surface area contributed by atoms with Gasteiger partial charge in [-0.05, 0) is 49.4 Å². The minimum absolute atomic E-state index is 0.308. The van der Waals surface area contributed by atoms with Crippen molar-refractivity contribution in [3.63, 3.8) is 0 Å². The summed E-state index contributed by atoms with van der Waals surface area (Å²) in [4.78, 5) is 2.33. The van der Waals surface area contributed by atoms with Gasteiger partial charge in [0, 0.05) is 24.8 Å². The van der Waals surface area contributed by atoms with Crippen molar-refractivity contribution in [1.29, 1.82) is 0 Å². The number of ether oxygens (including phenoxy) is 1. The van der Waals surface area contributed by atoms with Crippen molar-refractivity contribution in [2.45, 2.75) is 44.7 Å². The second kappa shape index (κ2) is 5.61. The lowest BCUT2D eigenvalue weighted by atomic mass is 10.1. The Bertz CT molecular complexity index is 405. The lowest BCUT2D eigenvalue weighted by molar-refractivity contribution is 0.410. The van der Waals surface area contributed by atoms with Crippen LogP contribution in [0.2, 0.25) is 0 Å². The molecule has 2 rings (SSSR count). The molecule has 100 valence electrons. The topological polar surface area (TPSA) is 38.5 Å². The van der Waals surface area contributed by atoms with Crippen LogP contribution in [0.25, 0.3) is 0 Å². The van der Waals surface area contributed by atoms with Gasteiger partial charge >= 0.3 is 0 Å². The molecule has 1 aromatic rings. The second-order valence-corrected chi connectivity index (χ2v) is 5.12. The molecule has 0 spiro atoms. The fourth-order valence-electron chi connectivity index (χ4n) is 2.90. The highest BCUT2D eigenvalue weighted by Gasteiger charge is 2.27. The van der Waals surface area contributed by atoms with Crippen molar-refractivity contribution < 1.29 is 4.74 Å². The molecule has 1 fully saturated rings.